The van der Waals surface area contributed by atoms with E-state index in [1.54, 1.807) is 0 Å². The Labute approximate surface area is 172 Å². The SMILES string of the molecule is Nc1cccc(-c2ccc(NC3C[C@@H]4CN(CC5CCOCC5)C[C@H]4C3)nn2)c1. The van der Waals surface area contributed by atoms with Crippen molar-refractivity contribution < 1.29 is 4.74 Å². The first-order chi connectivity index (χ1) is 14.2. The number of rotatable bonds is 5. The van der Waals surface area contributed by atoms with E-state index in [-0.39, 0.29) is 0 Å². The van der Waals surface area contributed by atoms with Crippen molar-refractivity contribution in [2.24, 2.45) is 17.8 Å². The molecule has 1 aromatic carbocycles. The summed E-state index contributed by atoms with van der Waals surface area (Å²) in [6.45, 7) is 5.70. The second-order valence-electron chi connectivity index (χ2n) is 9.04. The minimum Gasteiger partial charge on any atom is -0.399 e. The fraction of sp³-hybridized carbons (Fsp3) is 0.565. The molecule has 2 aromatic rings. The molecule has 2 saturated heterocycles. The van der Waals surface area contributed by atoms with Crippen LogP contribution in [0.25, 0.3) is 11.3 Å². The molecule has 6 heteroatoms. The van der Waals surface area contributed by atoms with Crippen molar-refractivity contribution in [3.63, 3.8) is 0 Å². The van der Waals surface area contributed by atoms with Crippen molar-refractivity contribution in [1.82, 2.24) is 15.1 Å². The molecule has 1 saturated carbocycles. The Balaban J connectivity index is 1.13. The lowest BCUT2D eigenvalue weighted by Gasteiger charge is -2.27. The lowest BCUT2D eigenvalue weighted by Crippen LogP contribution is -2.32. The molecule has 154 valence electrons. The van der Waals surface area contributed by atoms with Crippen LogP contribution < -0.4 is 11.1 Å². The molecule has 3 N–H and O–H groups in total. The molecule has 3 heterocycles. The van der Waals surface area contributed by atoms with Gasteiger partial charge in [0.1, 0.15) is 5.82 Å². The van der Waals surface area contributed by atoms with E-state index in [9.17, 15) is 0 Å². The van der Waals surface area contributed by atoms with Crippen LogP contribution in [0.5, 0.6) is 0 Å². The number of aromatic nitrogens is 2. The molecular weight excluding hydrogens is 362 g/mol. The van der Waals surface area contributed by atoms with Crippen LogP contribution >= 0.6 is 0 Å². The molecule has 0 bridgehead atoms. The number of benzene rings is 1. The summed E-state index contributed by atoms with van der Waals surface area (Å²) in [5.41, 5.74) is 8.48. The summed E-state index contributed by atoms with van der Waals surface area (Å²) in [5, 5.41) is 12.4. The van der Waals surface area contributed by atoms with Gasteiger partial charge in [0.2, 0.25) is 0 Å². The molecule has 5 rings (SSSR count). The average Bonchev–Trinajstić information content (AvgIpc) is 3.27. The molecular formula is C23H31N5O. The number of hydrogen-bond acceptors (Lipinski definition) is 6. The molecule has 29 heavy (non-hydrogen) atoms. The Morgan fingerprint density at radius 1 is 1.03 bits per heavy atom. The summed E-state index contributed by atoms with van der Waals surface area (Å²) in [7, 11) is 0. The Hall–Kier alpha value is -2.18. The number of nitrogens with zero attached hydrogens (tertiary/aromatic N) is 3. The maximum absolute atomic E-state index is 5.87. The Morgan fingerprint density at radius 3 is 2.52 bits per heavy atom. The number of nitrogen functional groups attached to an aromatic ring is 1. The van der Waals surface area contributed by atoms with Crippen molar-refractivity contribution in [2.75, 3.05) is 43.9 Å². The van der Waals surface area contributed by atoms with E-state index >= 15 is 0 Å². The number of fused-ring (bicyclic) bond motifs is 1. The number of nitrogens with two attached hydrogens (primary N) is 1. The summed E-state index contributed by atoms with van der Waals surface area (Å²) in [4.78, 5) is 2.71. The van der Waals surface area contributed by atoms with Gasteiger partial charge in [0.25, 0.3) is 0 Å². The summed E-state index contributed by atoms with van der Waals surface area (Å²) in [6, 6.07) is 12.4. The van der Waals surface area contributed by atoms with Gasteiger partial charge in [0.15, 0.2) is 0 Å². The molecule has 3 fully saturated rings. The van der Waals surface area contributed by atoms with Gasteiger partial charge in [-0.05, 0) is 67.7 Å². The maximum atomic E-state index is 5.87. The molecule has 0 radical (unpaired) electrons. The summed E-state index contributed by atoms with van der Waals surface area (Å²) >= 11 is 0. The van der Waals surface area contributed by atoms with Crippen molar-refractivity contribution in [2.45, 2.75) is 31.7 Å². The molecule has 0 unspecified atom stereocenters. The lowest BCUT2D eigenvalue weighted by atomic mass is 10.00. The van der Waals surface area contributed by atoms with Crippen LogP contribution in [0, 0.1) is 17.8 Å². The van der Waals surface area contributed by atoms with Gasteiger partial charge in [-0.2, -0.15) is 0 Å². The Morgan fingerprint density at radius 2 is 1.83 bits per heavy atom. The van der Waals surface area contributed by atoms with Gasteiger partial charge in [-0.25, -0.2) is 0 Å². The van der Waals surface area contributed by atoms with Gasteiger partial charge >= 0.3 is 0 Å². The van der Waals surface area contributed by atoms with Gasteiger partial charge in [0, 0.05) is 50.1 Å². The van der Waals surface area contributed by atoms with Crippen LogP contribution in [0.15, 0.2) is 36.4 Å². The van der Waals surface area contributed by atoms with Crippen LogP contribution in [-0.2, 0) is 4.74 Å². The van der Waals surface area contributed by atoms with Crippen LogP contribution in [0.3, 0.4) is 0 Å². The van der Waals surface area contributed by atoms with Crippen LogP contribution in [0.4, 0.5) is 11.5 Å². The highest BCUT2D eigenvalue weighted by Crippen LogP contribution is 2.39. The van der Waals surface area contributed by atoms with Gasteiger partial charge in [-0.1, -0.05) is 12.1 Å². The fourth-order valence-corrected chi connectivity index (χ4v) is 5.43. The highest BCUT2D eigenvalue weighted by Gasteiger charge is 2.41. The first-order valence-electron chi connectivity index (χ1n) is 11.0. The molecule has 1 aliphatic carbocycles. The summed E-state index contributed by atoms with van der Waals surface area (Å²) in [6.07, 6.45) is 4.96. The maximum Gasteiger partial charge on any atom is 0.148 e. The number of hydrogen-bond donors (Lipinski definition) is 2. The van der Waals surface area contributed by atoms with E-state index < -0.39 is 0 Å². The van der Waals surface area contributed by atoms with Crippen molar-refractivity contribution in [3.05, 3.63) is 36.4 Å². The van der Waals surface area contributed by atoms with Crippen molar-refractivity contribution in [3.8, 4) is 11.3 Å². The third kappa shape index (κ3) is 4.38. The van der Waals surface area contributed by atoms with Gasteiger partial charge in [0.05, 0.1) is 5.69 Å². The third-order valence-corrected chi connectivity index (χ3v) is 6.88. The van der Waals surface area contributed by atoms with Crippen LogP contribution in [0.1, 0.15) is 25.7 Å². The summed E-state index contributed by atoms with van der Waals surface area (Å²) < 4.78 is 5.50. The largest absolute Gasteiger partial charge is 0.399 e. The molecule has 2 aliphatic heterocycles. The number of likely N-dealkylation sites (tertiary alicyclic amines) is 1. The predicted octanol–water partition coefficient (Wildman–Crippen LogP) is 3.27. The molecule has 2 atom stereocenters. The minimum absolute atomic E-state index is 0.516. The standard InChI is InChI=1S/C23H31N5O/c24-20-3-1-2-17(10-20)22-4-5-23(27-26-22)25-21-11-18-14-28(15-19(18)12-21)13-16-6-8-29-9-7-16/h1-5,10,16,18-19,21H,6-9,11-15,24H2,(H,25,27)/t18-,19-/m1/s1. The molecule has 0 spiro atoms. The smallest absolute Gasteiger partial charge is 0.148 e. The summed E-state index contributed by atoms with van der Waals surface area (Å²) in [5.74, 6) is 3.37. The van der Waals surface area contributed by atoms with Gasteiger partial charge in [-0.15, -0.1) is 10.2 Å². The Bertz CT molecular complexity index is 806. The quantitative estimate of drug-likeness (QED) is 0.760. The topological polar surface area (TPSA) is 76.3 Å². The first kappa shape index (κ1) is 18.8. The fourth-order valence-electron chi connectivity index (χ4n) is 5.43. The second kappa shape index (κ2) is 8.28. The minimum atomic E-state index is 0.516. The lowest BCUT2D eigenvalue weighted by molar-refractivity contribution is 0.0545. The molecule has 1 aromatic heterocycles. The monoisotopic (exact) mass is 393 g/mol. The second-order valence-corrected chi connectivity index (χ2v) is 9.04. The van der Waals surface area contributed by atoms with Crippen LogP contribution in [-0.4, -0.2) is 54.0 Å². The number of ether oxygens (including phenoxy) is 1. The number of anilines is 2. The van der Waals surface area contributed by atoms with Crippen molar-refractivity contribution in [1.29, 1.82) is 0 Å². The molecule has 0 amide bonds. The van der Waals surface area contributed by atoms with Crippen molar-refractivity contribution >= 4 is 11.5 Å². The Kier molecular flexibility index (Phi) is 5.38. The van der Waals surface area contributed by atoms with Gasteiger partial charge < -0.3 is 20.7 Å². The predicted molar refractivity (Wildman–Crippen MR) is 115 cm³/mol. The van der Waals surface area contributed by atoms with E-state index in [1.807, 2.05) is 36.4 Å². The van der Waals surface area contributed by atoms with E-state index in [0.717, 1.165) is 53.7 Å². The zero-order chi connectivity index (χ0) is 19.6. The third-order valence-electron chi connectivity index (χ3n) is 6.88. The molecule has 3 aliphatic rings. The molecule has 6 nitrogen and oxygen atoms in total. The normalized spacial score (nSPS) is 25.9. The van der Waals surface area contributed by atoms with E-state index in [2.05, 4.69) is 20.4 Å². The number of nitrogens with one attached hydrogen (secondary N) is 1. The average molecular weight is 394 g/mol. The van der Waals surface area contributed by atoms with E-state index in [4.69, 9.17) is 10.5 Å². The zero-order valence-corrected chi connectivity index (χ0v) is 17.0. The van der Waals surface area contributed by atoms with E-state index in [1.165, 1.54) is 45.3 Å². The van der Waals surface area contributed by atoms with Gasteiger partial charge in [-0.3, -0.25) is 0 Å². The van der Waals surface area contributed by atoms with E-state index in [0.29, 0.717) is 6.04 Å². The van der Waals surface area contributed by atoms with Crippen LogP contribution in [0.2, 0.25) is 0 Å². The zero-order valence-electron chi connectivity index (χ0n) is 17.0. The highest BCUT2D eigenvalue weighted by molar-refractivity contribution is 5.64. The first-order valence-corrected chi connectivity index (χ1v) is 11.0. The highest BCUT2D eigenvalue weighted by atomic mass is 16.5.